The Morgan fingerprint density at radius 2 is 0.926 bits per heavy atom. The first-order valence-corrected chi connectivity index (χ1v) is 23.9. The summed E-state index contributed by atoms with van der Waals surface area (Å²) in [5.74, 6) is 7.03. The highest BCUT2D eigenvalue weighted by atomic mass is 16.5. The Kier molecular flexibility index (Phi) is 41.8. The minimum absolute atomic E-state index is 0.0159. The summed E-state index contributed by atoms with van der Waals surface area (Å²) in [6, 6.07) is 0. The average molecular weight is 765 g/mol. The van der Waals surface area contributed by atoms with Crippen LogP contribution in [0.15, 0.2) is 11.9 Å². The number of ether oxygens (including phenoxy) is 1. The van der Waals surface area contributed by atoms with Gasteiger partial charge in [0.15, 0.2) is 0 Å². The third-order valence-electron chi connectivity index (χ3n) is 11.3. The van der Waals surface area contributed by atoms with E-state index in [1.165, 1.54) is 186 Å². The summed E-state index contributed by atoms with van der Waals surface area (Å²) < 4.78 is 5.46. The molecule has 7 heteroatoms. The number of carbonyl (C=O) groups excluding carboxylic acids is 1. The van der Waals surface area contributed by atoms with Crippen molar-refractivity contribution in [3.63, 3.8) is 0 Å². The zero-order chi connectivity index (χ0) is 39.6. The van der Waals surface area contributed by atoms with Gasteiger partial charge in [0.25, 0.3) is 0 Å². The van der Waals surface area contributed by atoms with Gasteiger partial charge in [-0.15, -0.1) is 0 Å². The second-order valence-corrected chi connectivity index (χ2v) is 16.7. The Bertz CT molecular complexity index is 779. The van der Waals surface area contributed by atoms with Gasteiger partial charge in [-0.25, -0.2) is 5.84 Å². The van der Waals surface area contributed by atoms with Crippen LogP contribution in [0.2, 0.25) is 0 Å². The molecule has 0 radical (unpaired) electrons. The number of nitrogens with zero attached hydrogens (tertiary/aromatic N) is 2. The van der Waals surface area contributed by atoms with E-state index in [2.05, 4.69) is 25.7 Å². The van der Waals surface area contributed by atoms with Gasteiger partial charge in [0, 0.05) is 19.2 Å². The summed E-state index contributed by atoms with van der Waals surface area (Å²) in [7, 11) is 0. The minimum Gasteiger partial charge on any atom is -0.466 e. The molecular formula is C47H96N4O3. The van der Waals surface area contributed by atoms with Crippen molar-refractivity contribution in [2.45, 2.75) is 239 Å². The Balaban J connectivity index is 4.40. The molecule has 0 aromatic carbocycles. The van der Waals surface area contributed by atoms with Gasteiger partial charge in [0.2, 0.25) is 0 Å². The van der Waals surface area contributed by atoms with Gasteiger partial charge in [-0.3, -0.25) is 4.79 Å². The molecule has 7 nitrogen and oxygen atoms in total. The van der Waals surface area contributed by atoms with Crippen molar-refractivity contribution >= 4 is 5.97 Å². The number of hydrazine groups is 1. The van der Waals surface area contributed by atoms with Crippen LogP contribution in [0.25, 0.3) is 0 Å². The number of aliphatic hydroxyl groups is 1. The maximum atomic E-state index is 12.1. The van der Waals surface area contributed by atoms with Crippen LogP contribution < -0.4 is 11.6 Å². The van der Waals surface area contributed by atoms with Gasteiger partial charge < -0.3 is 25.5 Å². The van der Waals surface area contributed by atoms with E-state index in [4.69, 9.17) is 16.3 Å². The van der Waals surface area contributed by atoms with Crippen molar-refractivity contribution in [1.82, 2.24) is 9.91 Å². The summed E-state index contributed by atoms with van der Waals surface area (Å²) in [4.78, 5) is 14.7. The zero-order valence-corrected chi connectivity index (χ0v) is 36.8. The lowest BCUT2D eigenvalue weighted by molar-refractivity contribution is -0.143. The third kappa shape index (κ3) is 38.9. The molecule has 0 rings (SSSR count). The summed E-state index contributed by atoms with van der Waals surface area (Å²) in [5, 5.41) is 10.8. The first kappa shape index (κ1) is 52.7. The molecule has 0 aliphatic rings. The number of aliphatic hydroxyl groups excluding tert-OH is 1. The molecule has 0 heterocycles. The number of hydrogen-bond donors (Lipinski definition) is 3. The van der Waals surface area contributed by atoms with Crippen LogP contribution in [0.1, 0.15) is 239 Å². The topological polar surface area (TPSA) is 105 Å². The highest BCUT2D eigenvalue weighted by Crippen LogP contribution is 2.25. The maximum Gasteiger partial charge on any atom is 0.305 e. The molecule has 0 bridgehead atoms. The summed E-state index contributed by atoms with van der Waals surface area (Å²) >= 11 is 0. The Labute approximate surface area is 337 Å². The van der Waals surface area contributed by atoms with E-state index in [-0.39, 0.29) is 12.6 Å². The molecule has 0 saturated heterocycles. The van der Waals surface area contributed by atoms with Crippen LogP contribution in [-0.4, -0.2) is 60.4 Å². The molecule has 0 amide bonds. The number of unbranched alkanes of at least 4 members (excludes halogenated alkanes) is 24. The molecule has 0 atom stereocenters. The molecule has 0 aliphatic carbocycles. The van der Waals surface area contributed by atoms with Crippen molar-refractivity contribution in [2.75, 3.05) is 39.4 Å². The van der Waals surface area contributed by atoms with E-state index in [1.807, 2.05) is 0 Å². The highest BCUT2D eigenvalue weighted by Gasteiger charge is 2.10. The maximum absolute atomic E-state index is 12.1. The number of esters is 1. The van der Waals surface area contributed by atoms with Gasteiger partial charge >= 0.3 is 5.97 Å². The fourth-order valence-electron chi connectivity index (χ4n) is 7.74. The van der Waals surface area contributed by atoms with Crippen molar-refractivity contribution < 1.29 is 14.6 Å². The van der Waals surface area contributed by atoms with Crippen LogP contribution in [0.5, 0.6) is 0 Å². The molecule has 0 aliphatic heterocycles. The summed E-state index contributed by atoms with van der Waals surface area (Å²) in [6.07, 6.45) is 45.6. The van der Waals surface area contributed by atoms with Gasteiger partial charge in [0.1, 0.15) is 0 Å². The van der Waals surface area contributed by atoms with Crippen LogP contribution in [0, 0.1) is 5.92 Å². The van der Waals surface area contributed by atoms with Gasteiger partial charge in [-0.1, -0.05) is 201 Å². The van der Waals surface area contributed by atoms with Crippen LogP contribution >= 0.6 is 0 Å². The fourth-order valence-corrected chi connectivity index (χ4v) is 7.74. The second-order valence-electron chi connectivity index (χ2n) is 16.7. The predicted octanol–water partition coefficient (Wildman–Crippen LogP) is 12.7. The quantitative estimate of drug-likeness (QED) is 0.0245. The lowest BCUT2D eigenvalue weighted by Crippen LogP contribution is -2.33. The van der Waals surface area contributed by atoms with Crippen molar-refractivity contribution in [1.29, 1.82) is 0 Å². The van der Waals surface area contributed by atoms with E-state index >= 15 is 0 Å². The third-order valence-corrected chi connectivity index (χ3v) is 11.3. The number of carbonyl (C=O) groups is 1. The second kappa shape index (κ2) is 42.8. The molecule has 0 aromatic heterocycles. The summed E-state index contributed by atoms with van der Waals surface area (Å²) in [5.41, 5.74) is 6.15. The lowest BCUT2D eigenvalue weighted by atomic mass is 9.89. The molecule has 54 heavy (non-hydrogen) atoms. The standard InChI is InChI=1S/C47H96N4O3/c1-4-7-10-13-16-25-32-42-54-47(53)37-29-22-18-24-31-39-50(40-33-41-51(49)43-46(48)44-52)38-30-23-17-21-28-36-45(34-26-19-14-11-8-5-2)35-27-20-15-12-9-6-3/h43,45,52H,4-42,44,48-49H2,1-3H3/b46-43-. The first-order valence-electron chi connectivity index (χ1n) is 23.9. The number of nitrogens with two attached hydrogens (primary N) is 2. The van der Waals surface area contributed by atoms with E-state index in [9.17, 15) is 9.90 Å². The molecule has 322 valence electrons. The molecule has 0 spiro atoms. The van der Waals surface area contributed by atoms with E-state index in [1.54, 1.807) is 11.2 Å². The smallest absolute Gasteiger partial charge is 0.305 e. The monoisotopic (exact) mass is 765 g/mol. The first-order chi connectivity index (χ1) is 26.5. The highest BCUT2D eigenvalue weighted by molar-refractivity contribution is 5.69. The van der Waals surface area contributed by atoms with Crippen LogP contribution in [0.3, 0.4) is 0 Å². The number of hydrogen-bond acceptors (Lipinski definition) is 7. The average Bonchev–Trinajstić information content (AvgIpc) is 3.16. The Hall–Kier alpha value is -1.31. The molecule has 0 unspecified atom stereocenters. The van der Waals surface area contributed by atoms with Crippen LogP contribution in [0.4, 0.5) is 0 Å². The van der Waals surface area contributed by atoms with Crippen LogP contribution in [-0.2, 0) is 9.53 Å². The van der Waals surface area contributed by atoms with Crippen molar-refractivity contribution in [3.05, 3.63) is 11.9 Å². The Morgan fingerprint density at radius 3 is 1.39 bits per heavy atom. The minimum atomic E-state index is -0.167. The SMILES string of the molecule is CCCCCCCCCOC(=O)CCCCCCCN(CCCCCCCC(CCCCCCCC)CCCCCCCC)CCCN(N)/C=C(\N)CO. The normalized spacial score (nSPS) is 12.0. The van der Waals surface area contributed by atoms with Crippen molar-refractivity contribution in [3.8, 4) is 0 Å². The largest absolute Gasteiger partial charge is 0.466 e. The Morgan fingerprint density at radius 1 is 0.537 bits per heavy atom. The van der Waals surface area contributed by atoms with E-state index < -0.39 is 0 Å². The van der Waals surface area contributed by atoms with E-state index in [0.29, 0.717) is 18.7 Å². The molecule has 0 fully saturated rings. The van der Waals surface area contributed by atoms with Gasteiger partial charge in [-0.2, -0.15) is 0 Å². The lowest BCUT2D eigenvalue weighted by Gasteiger charge is -2.24. The van der Waals surface area contributed by atoms with E-state index in [0.717, 1.165) is 57.8 Å². The fraction of sp³-hybridized carbons (Fsp3) is 0.936. The molecule has 0 aromatic rings. The summed E-state index contributed by atoms with van der Waals surface area (Å²) in [6.45, 7) is 11.3. The van der Waals surface area contributed by atoms with Gasteiger partial charge in [0.05, 0.1) is 18.9 Å². The number of rotatable bonds is 44. The molecule has 5 N–H and O–H groups in total. The predicted molar refractivity (Wildman–Crippen MR) is 235 cm³/mol. The molecule has 0 saturated carbocycles. The van der Waals surface area contributed by atoms with Gasteiger partial charge in [-0.05, 0) is 57.7 Å². The zero-order valence-electron chi connectivity index (χ0n) is 36.8. The van der Waals surface area contributed by atoms with Crippen molar-refractivity contribution in [2.24, 2.45) is 17.5 Å². The molecular weight excluding hydrogens is 669 g/mol.